The Morgan fingerprint density at radius 1 is 1.00 bits per heavy atom. The van der Waals surface area contributed by atoms with Crippen LogP contribution in [0.3, 0.4) is 0 Å². The van der Waals surface area contributed by atoms with Gasteiger partial charge < -0.3 is 62.5 Å². The maximum atomic E-state index is 13.4. The summed E-state index contributed by atoms with van der Waals surface area (Å²) in [6.07, 6.45) is -7.99. The molecule has 4 heterocycles. The Hall–Kier alpha value is -2.87. The first kappa shape index (κ1) is 48.8. The van der Waals surface area contributed by atoms with Crippen molar-refractivity contribution < 1.29 is 76.8 Å². The number of carbonyl (C=O) groups excluding carboxylic acids is 5. The van der Waals surface area contributed by atoms with Gasteiger partial charge in [-0.1, -0.05) is 20.8 Å². The molecule has 0 radical (unpaired) electrons. The van der Waals surface area contributed by atoms with Crippen molar-refractivity contribution in [3.8, 4) is 0 Å². The molecule has 0 spiro atoms. The number of methoxy groups -OCH3 is 1. The molecule has 0 bridgehead atoms. The molecule has 17 nitrogen and oxygen atoms in total. The standard InChI is InChI=1S/C42H67NO16/c1-21(2)16-32(47)57-40-25(6)53-34(20-42(40,8)50)58-37-24(5)54-41(36(49)35(37)43(9)10)59-38-27(14-15-44)17-22(3)28(46)12-13-29-30(56-29)18-23(4)52-33(48)19-31(39(38)51-11)55-26(7)45/h12-13,15,21-25,27,29-31,34-41,49-50H,14,16-20H2,1-11H3/b13-12+/t22-,23-,24-,25+,27+,29+,30+,31-,34+,35-,36-,37-,38?,39?,40+,41+,42-/m1/s1. The molecule has 3 fully saturated rings. The SMILES string of the molecule is COC1C(O[C@@H]2O[C@H](C)[C@@H](O[C@H]3C[C@@](C)(O)[C@@H](OC(=O)CC(C)C)[C@H](C)O3)[C@H](N(C)C)[C@H]2O)[C@@H](CC=O)C[C@@H](C)C(=O)/C=C/[C@@H]2O[C@H]2C[C@@H](C)OC(=O)C[C@H]1OC(C)=O. The summed E-state index contributed by atoms with van der Waals surface area (Å²) in [4.78, 5) is 65.8. The molecule has 4 aliphatic heterocycles. The van der Waals surface area contributed by atoms with Gasteiger partial charge in [0, 0.05) is 45.6 Å². The van der Waals surface area contributed by atoms with E-state index in [4.69, 9.17) is 42.6 Å². The molecule has 0 saturated carbocycles. The van der Waals surface area contributed by atoms with Crippen LogP contribution in [0.15, 0.2) is 12.2 Å². The molecule has 0 amide bonds. The van der Waals surface area contributed by atoms with E-state index in [0.717, 1.165) is 0 Å². The first-order valence-corrected chi connectivity index (χ1v) is 20.7. The Labute approximate surface area is 347 Å². The minimum absolute atomic E-state index is 0.0551. The summed E-state index contributed by atoms with van der Waals surface area (Å²) in [6, 6.07) is -0.800. The summed E-state index contributed by atoms with van der Waals surface area (Å²) in [5, 5.41) is 23.5. The lowest BCUT2D eigenvalue weighted by Gasteiger charge is -2.50. The lowest BCUT2D eigenvalue weighted by Crippen LogP contribution is -2.66. The minimum Gasteiger partial charge on any atom is -0.462 e. The van der Waals surface area contributed by atoms with Crippen molar-refractivity contribution in [3.05, 3.63) is 12.2 Å². The summed E-state index contributed by atoms with van der Waals surface area (Å²) < 4.78 is 54.2. The van der Waals surface area contributed by atoms with Crippen LogP contribution in [0.4, 0.5) is 0 Å². The summed E-state index contributed by atoms with van der Waals surface area (Å²) >= 11 is 0. The van der Waals surface area contributed by atoms with Gasteiger partial charge in [0.25, 0.3) is 0 Å². The van der Waals surface area contributed by atoms with E-state index in [9.17, 15) is 34.2 Å². The molecule has 0 aromatic heterocycles. The van der Waals surface area contributed by atoms with E-state index < -0.39 is 115 Å². The number of hydrogen-bond acceptors (Lipinski definition) is 17. The predicted octanol–water partition coefficient (Wildman–Crippen LogP) is 2.43. The van der Waals surface area contributed by atoms with E-state index in [1.165, 1.54) is 20.1 Å². The number of nitrogens with zero attached hydrogens (tertiary/aromatic N) is 1. The van der Waals surface area contributed by atoms with E-state index in [2.05, 4.69) is 0 Å². The molecule has 0 aromatic rings. The average molecular weight is 842 g/mol. The minimum atomic E-state index is -1.51. The van der Waals surface area contributed by atoms with Crippen molar-refractivity contribution in [2.24, 2.45) is 17.8 Å². The number of rotatable bonds is 12. The third-order valence-corrected chi connectivity index (χ3v) is 11.4. The van der Waals surface area contributed by atoms with Gasteiger partial charge in [0.2, 0.25) is 0 Å². The number of cyclic esters (lactones) is 1. The lowest BCUT2D eigenvalue weighted by molar-refractivity contribution is -0.344. The van der Waals surface area contributed by atoms with Crippen molar-refractivity contribution >= 4 is 30.0 Å². The summed E-state index contributed by atoms with van der Waals surface area (Å²) in [6.45, 7) is 13.4. The number of aldehydes is 1. The van der Waals surface area contributed by atoms with Crippen molar-refractivity contribution in [2.45, 2.75) is 185 Å². The molecule has 0 aromatic carbocycles. The fraction of sp³-hybridized carbons (Fsp3) is 0.833. The number of carbonyl (C=O) groups is 5. The van der Waals surface area contributed by atoms with Gasteiger partial charge in [0.05, 0.1) is 36.9 Å². The van der Waals surface area contributed by atoms with Crippen LogP contribution < -0.4 is 0 Å². The number of epoxide rings is 1. The Bertz CT molecular complexity index is 1470. The molecule has 2 unspecified atom stereocenters. The molecular formula is C42H67NO16. The first-order valence-electron chi connectivity index (χ1n) is 20.7. The van der Waals surface area contributed by atoms with Crippen molar-refractivity contribution in [1.82, 2.24) is 4.90 Å². The molecule has 3 saturated heterocycles. The van der Waals surface area contributed by atoms with Gasteiger partial charge in [-0.3, -0.25) is 19.2 Å². The zero-order valence-electron chi connectivity index (χ0n) is 36.3. The molecule has 59 heavy (non-hydrogen) atoms. The molecule has 17 atom stereocenters. The highest BCUT2D eigenvalue weighted by Gasteiger charge is 2.53. The predicted molar refractivity (Wildman–Crippen MR) is 208 cm³/mol. The van der Waals surface area contributed by atoms with E-state index in [-0.39, 0.29) is 49.6 Å². The van der Waals surface area contributed by atoms with Crippen molar-refractivity contribution in [3.63, 3.8) is 0 Å². The Kier molecular flexibility index (Phi) is 17.6. The number of allylic oxidation sites excluding steroid dienone is 1. The summed E-state index contributed by atoms with van der Waals surface area (Å²) in [5.41, 5.74) is -1.51. The van der Waals surface area contributed by atoms with Gasteiger partial charge in [-0.2, -0.15) is 0 Å². The number of esters is 3. The van der Waals surface area contributed by atoms with Gasteiger partial charge in [0.1, 0.15) is 48.5 Å². The fourth-order valence-electron chi connectivity index (χ4n) is 8.51. The Morgan fingerprint density at radius 3 is 2.29 bits per heavy atom. The average Bonchev–Trinajstić information content (AvgIpc) is 3.85. The first-order chi connectivity index (χ1) is 27.6. The second kappa shape index (κ2) is 21.3. The van der Waals surface area contributed by atoms with Crippen LogP contribution in [0.2, 0.25) is 0 Å². The van der Waals surface area contributed by atoms with Crippen LogP contribution in [0.1, 0.15) is 93.9 Å². The topological polar surface area (TPSA) is 215 Å². The monoisotopic (exact) mass is 841 g/mol. The quantitative estimate of drug-likeness (QED) is 0.125. The molecule has 2 N–H and O–H groups in total. The van der Waals surface area contributed by atoms with Gasteiger partial charge >= 0.3 is 17.9 Å². The zero-order valence-corrected chi connectivity index (χ0v) is 36.3. The van der Waals surface area contributed by atoms with Crippen LogP contribution in [0.25, 0.3) is 0 Å². The zero-order chi connectivity index (χ0) is 43.9. The molecule has 336 valence electrons. The van der Waals surface area contributed by atoms with E-state index in [1.807, 2.05) is 13.8 Å². The van der Waals surface area contributed by atoms with Gasteiger partial charge in [0.15, 0.2) is 24.5 Å². The number of aliphatic hydroxyl groups excluding tert-OH is 1. The van der Waals surface area contributed by atoms with E-state index in [0.29, 0.717) is 12.7 Å². The molecule has 4 aliphatic rings. The van der Waals surface area contributed by atoms with E-state index in [1.54, 1.807) is 59.7 Å². The summed E-state index contributed by atoms with van der Waals surface area (Å²) in [5.74, 6) is -3.35. The third kappa shape index (κ3) is 13.3. The largest absolute Gasteiger partial charge is 0.462 e. The van der Waals surface area contributed by atoms with Crippen LogP contribution >= 0.6 is 0 Å². The van der Waals surface area contributed by atoms with Gasteiger partial charge in [-0.15, -0.1) is 0 Å². The van der Waals surface area contributed by atoms with Crippen LogP contribution in [0, 0.1) is 17.8 Å². The molecule has 17 heteroatoms. The fourth-order valence-corrected chi connectivity index (χ4v) is 8.51. The highest BCUT2D eigenvalue weighted by atomic mass is 16.7. The molecule has 4 rings (SSSR count). The smallest absolute Gasteiger partial charge is 0.309 e. The third-order valence-electron chi connectivity index (χ3n) is 11.4. The number of ketones is 1. The Balaban J connectivity index is 1.64. The Morgan fingerprint density at radius 2 is 1.69 bits per heavy atom. The van der Waals surface area contributed by atoms with Crippen LogP contribution in [0.5, 0.6) is 0 Å². The number of fused-ring (bicyclic) bond motifs is 1. The van der Waals surface area contributed by atoms with E-state index >= 15 is 0 Å². The highest BCUT2D eigenvalue weighted by molar-refractivity contribution is 5.91. The summed E-state index contributed by atoms with van der Waals surface area (Å²) in [7, 11) is 4.82. The number of likely N-dealkylation sites (N-methyl/N-ethyl adjacent to an activating group) is 1. The number of ether oxygens (including phenoxy) is 9. The maximum absolute atomic E-state index is 13.4. The van der Waals surface area contributed by atoms with Crippen molar-refractivity contribution in [2.75, 3.05) is 21.2 Å². The van der Waals surface area contributed by atoms with Crippen LogP contribution in [-0.4, -0.2) is 158 Å². The molecule has 0 aliphatic carbocycles. The van der Waals surface area contributed by atoms with Gasteiger partial charge in [-0.05, 0) is 72.2 Å². The highest BCUT2D eigenvalue weighted by Crippen LogP contribution is 2.38. The van der Waals surface area contributed by atoms with Gasteiger partial charge in [-0.25, -0.2) is 0 Å². The van der Waals surface area contributed by atoms with Crippen molar-refractivity contribution in [1.29, 1.82) is 0 Å². The normalized spacial score (nSPS) is 41.7. The molecular weight excluding hydrogens is 774 g/mol. The number of aliphatic hydroxyl groups is 2. The van der Waals surface area contributed by atoms with Crippen LogP contribution in [-0.2, 0) is 66.6 Å². The second-order valence-electron chi connectivity index (χ2n) is 17.5. The lowest BCUT2D eigenvalue weighted by atomic mass is 9.83. The number of hydrogen-bond donors (Lipinski definition) is 2. The second-order valence-corrected chi connectivity index (χ2v) is 17.5. The maximum Gasteiger partial charge on any atom is 0.309 e.